The van der Waals surface area contributed by atoms with Crippen LogP contribution in [-0.2, 0) is 0 Å². The molecule has 2 fully saturated rings. The molecule has 2 nitrogen and oxygen atoms in total. The molecule has 0 aromatic heterocycles. The Morgan fingerprint density at radius 3 is 2.22 bits per heavy atom. The van der Waals surface area contributed by atoms with Crippen molar-refractivity contribution in [1.29, 1.82) is 0 Å². The van der Waals surface area contributed by atoms with Gasteiger partial charge < -0.3 is 5.32 Å². The largest absolute Gasteiger partial charge is 0.303 e. The lowest BCUT2D eigenvalue weighted by molar-refractivity contribution is 0.630. The van der Waals surface area contributed by atoms with Gasteiger partial charge in [-0.05, 0) is 12.8 Å². The summed E-state index contributed by atoms with van der Waals surface area (Å²) in [5, 5.41) is 6.66. The van der Waals surface area contributed by atoms with Crippen LogP contribution in [0, 0.1) is 0 Å². The van der Waals surface area contributed by atoms with Gasteiger partial charge in [0.15, 0.2) is 0 Å². The molecule has 2 aliphatic rings. The van der Waals surface area contributed by atoms with Gasteiger partial charge in [0.05, 0.1) is 0 Å². The van der Waals surface area contributed by atoms with Gasteiger partial charge in [0.1, 0.15) is 0 Å². The van der Waals surface area contributed by atoms with Crippen molar-refractivity contribution in [3.8, 4) is 0 Å². The van der Waals surface area contributed by atoms with Crippen molar-refractivity contribution >= 4 is 0 Å². The molecule has 0 unspecified atom stereocenters. The molecular weight excluding hydrogens is 112 g/mol. The first-order chi connectivity index (χ1) is 4.41. The average molecular weight is 132 g/mol. The van der Waals surface area contributed by atoms with Gasteiger partial charge in [0.2, 0.25) is 0 Å². The van der Waals surface area contributed by atoms with E-state index in [4.69, 9.17) is 0 Å². The van der Waals surface area contributed by atoms with E-state index in [9.17, 15) is 0 Å². The lowest BCUT2D eigenvalue weighted by atomic mass is 10.3. The first-order valence-electron chi connectivity index (χ1n) is 3.87. The maximum atomic E-state index is 3.40. The molecule has 2 heteroatoms. The van der Waals surface area contributed by atoms with E-state index in [1.807, 2.05) is 13.8 Å². The highest BCUT2D eigenvalue weighted by Gasteiger charge is 2.44. The number of hydrogen-bond acceptors (Lipinski definition) is 2. The fourth-order valence-corrected chi connectivity index (χ4v) is 1.12. The van der Waals surface area contributed by atoms with Crippen molar-refractivity contribution in [1.82, 2.24) is 10.6 Å². The maximum Gasteiger partial charge on any atom is 0.0459 e. The molecule has 1 aliphatic heterocycles. The Hall–Kier alpha value is -0.0800. The number of nitrogens with one attached hydrogen (secondary N) is 2. The minimum Gasteiger partial charge on any atom is -0.303 e. The third kappa shape index (κ3) is 1.43. The molecule has 2 rings (SSSR count). The molecule has 1 aliphatic carbocycles. The van der Waals surface area contributed by atoms with Crippen LogP contribution in [0.1, 0.15) is 29.5 Å². The maximum absolute atomic E-state index is 3.40. The van der Waals surface area contributed by atoms with E-state index in [-0.39, 0.29) is 2.85 Å². The molecule has 0 aromatic carbocycles. The molecule has 0 amide bonds. The highest BCUT2D eigenvalue weighted by Crippen LogP contribution is 2.35. The average Bonchev–Trinajstić information content (AvgIpc) is 2.46. The van der Waals surface area contributed by atoms with Crippen molar-refractivity contribution in [2.75, 3.05) is 13.2 Å². The fourth-order valence-electron chi connectivity index (χ4n) is 1.12. The Bertz CT molecular complexity index is 86.4. The van der Waals surface area contributed by atoms with Crippen LogP contribution < -0.4 is 10.6 Å². The molecule has 58 valence electrons. The van der Waals surface area contributed by atoms with Crippen LogP contribution in [0.4, 0.5) is 0 Å². The van der Waals surface area contributed by atoms with Gasteiger partial charge in [-0.3, -0.25) is 5.32 Å². The van der Waals surface area contributed by atoms with E-state index in [0.717, 1.165) is 6.67 Å². The van der Waals surface area contributed by atoms with Gasteiger partial charge in [0, 0.05) is 21.6 Å². The molecule has 0 atom stereocenters. The van der Waals surface area contributed by atoms with Gasteiger partial charge in [-0.2, -0.15) is 0 Å². The lowest BCUT2D eigenvalue weighted by Crippen LogP contribution is -2.24. The lowest BCUT2D eigenvalue weighted by Gasteiger charge is -1.99. The summed E-state index contributed by atoms with van der Waals surface area (Å²) in [6.07, 6.45) is 2.78. The Balaban J connectivity index is 0. The second kappa shape index (κ2) is 2.67. The van der Waals surface area contributed by atoms with E-state index in [1.54, 1.807) is 0 Å². The molecule has 1 heterocycles. The predicted octanol–water partition coefficient (Wildman–Crippen LogP) is 1.19. The van der Waals surface area contributed by atoms with Crippen LogP contribution in [-0.4, -0.2) is 18.8 Å². The second-order valence-electron chi connectivity index (χ2n) is 2.56. The van der Waals surface area contributed by atoms with Crippen LogP contribution in [0.25, 0.3) is 0 Å². The number of hydrogen-bond donors (Lipinski definition) is 2. The Labute approximate surface area is 60.0 Å². The Morgan fingerprint density at radius 2 is 2.00 bits per heavy atom. The smallest absolute Gasteiger partial charge is 0.0459 e. The van der Waals surface area contributed by atoms with Crippen molar-refractivity contribution in [2.45, 2.75) is 32.2 Å². The zero-order valence-corrected chi connectivity index (χ0v) is 6.33. The molecule has 1 saturated heterocycles. The Morgan fingerprint density at radius 1 is 1.33 bits per heavy atom. The minimum atomic E-state index is 0. The summed E-state index contributed by atoms with van der Waals surface area (Å²) < 4.78 is 0. The first kappa shape index (κ1) is 7.03. The van der Waals surface area contributed by atoms with Gasteiger partial charge in [-0.15, -0.1) is 0 Å². The summed E-state index contributed by atoms with van der Waals surface area (Å²) >= 11 is 0. The summed E-state index contributed by atoms with van der Waals surface area (Å²) in [7, 11) is 0. The molecule has 1 spiro atoms. The summed E-state index contributed by atoms with van der Waals surface area (Å²) in [6, 6.07) is 0. The summed E-state index contributed by atoms with van der Waals surface area (Å²) in [5.41, 5.74) is 0.583. The van der Waals surface area contributed by atoms with Gasteiger partial charge in [0.25, 0.3) is 0 Å². The van der Waals surface area contributed by atoms with Gasteiger partial charge in [-0.25, -0.2) is 0 Å². The van der Waals surface area contributed by atoms with E-state index in [0.29, 0.717) is 5.54 Å². The Kier molecular flexibility index (Phi) is 2.09. The molecule has 2 N–H and O–H groups in total. The minimum absolute atomic E-state index is 0. The van der Waals surface area contributed by atoms with Crippen LogP contribution in [0.3, 0.4) is 0 Å². The molecule has 0 radical (unpaired) electrons. The highest BCUT2D eigenvalue weighted by molar-refractivity contribution is 5.06. The summed E-state index contributed by atoms with van der Waals surface area (Å²) in [4.78, 5) is 0. The van der Waals surface area contributed by atoms with Gasteiger partial charge in [-0.1, -0.05) is 13.8 Å². The normalized spacial score (nSPS) is 27.3. The van der Waals surface area contributed by atoms with Crippen molar-refractivity contribution in [2.24, 2.45) is 0 Å². The van der Waals surface area contributed by atoms with E-state index in [1.165, 1.54) is 19.4 Å². The third-order valence-electron chi connectivity index (χ3n) is 1.91. The highest BCUT2D eigenvalue weighted by atomic mass is 15.2. The van der Waals surface area contributed by atoms with Crippen molar-refractivity contribution in [3.05, 3.63) is 0 Å². The molecular formula is C7H20N2. The predicted molar refractivity (Wildman–Crippen MR) is 43.5 cm³/mol. The van der Waals surface area contributed by atoms with Crippen LogP contribution in [0.15, 0.2) is 0 Å². The fraction of sp³-hybridized carbons (Fsp3) is 1.00. The third-order valence-corrected chi connectivity index (χ3v) is 1.91. The van der Waals surface area contributed by atoms with Crippen molar-refractivity contribution < 1.29 is 2.85 Å². The van der Waals surface area contributed by atoms with Crippen LogP contribution >= 0.6 is 0 Å². The molecule has 9 heavy (non-hydrogen) atoms. The van der Waals surface area contributed by atoms with E-state index < -0.39 is 0 Å². The quantitative estimate of drug-likeness (QED) is 0.517. The number of rotatable bonds is 0. The van der Waals surface area contributed by atoms with Crippen LogP contribution in [0.2, 0.25) is 0 Å². The SMILES string of the molecule is C1NCC2(CC2)N1.CC.[HH].[HH]. The molecule has 0 aromatic rings. The van der Waals surface area contributed by atoms with Crippen LogP contribution in [0.5, 0.6) is 0 Å². The monoisotopic (exact) mass is 132 g/mol. The standard InChI is InChI=1S/C5H10N2.C2H6.2H2/c1-2-5(1)3-6-4-7-5;1-2;;/h6-7H,1-4H2;1-2H3;2*1H. The topological polar surface area (TPSA) is 24.1 Å². The second-order valence-corrected chi connectivity index (χ2v) is 2.56. The summed E-state index contributed by atoms with van der Waals surface area (Å²) in [5.74, 6) is 0. The molecule has 1 saturated carbocycles. The first-order valence-corrected chi connectivity index (χ1v) is 3.87. The van der Waals surface area contributed by atoms with Crippen molar-refractivity contribution in [3.63, 3.8) is 0 Å². The molecule has 0 bridgehead atoms. The van der Waals surface area contributed by atoms with E-state index in [2.05, 4.69) is 10.6 Å². The summed E-state index contributed by atoms with van der Waals surface area (Å²) in [6.45, 7) is 6.23. The zero-order chi connectivity index (χ0) is 6.74. The zero-order valence-electron chi connectivity index (χ0n) is 6.33. The van der Waals surface area contributed by atoms with Gasteiger partial charge >= 0.3 is 0 Å². The van der Waals surface area contributed by atoms with E-state index >= 15 is 0 Å².